The van der Waals surface area contributed by atoms with Gasteiger partial charge in [0.15, 0.2) is 22.1 Å². The number of nitrogens with two attached hydrogens (primary N) is 1. The van der Waals surface area contributed by atoms with Crippen LogP contribution in [0.3, 0.4) is 0 Å². The van der Waals surface area contributed by atoms with Crippen LogP contribution in [0.25, 0.3) is 11.2 Å². The van der Waals surface area contributed by atoms with Gasteiger partial charge in [-0.05, 0) is 48.0 Å². The second-order valence-corrected chi connectivity index (χ2v) is 7.26. The second kappa shape index (κ2) is 8.40. The number of aryl methyl sites for hydroxylation is 2. The highest BCUT2D eigenvalue weighted by molar-refractivity contribution is 7.99. The number of hydrogen-bond donors (Lipinski definition) is 1. The topological polar surface area (TPSA) is 88.1 Å². The summed E-state index contributed by atoms with van der Waals surface area (Å²) in [7, 11) is 3.28. The molecule has 7 nitrogen and oxygen atoms in total. The molecule has 2 aromatic heterocycles. The van der Waals surface area contributed by atoms with Crippen molar-refractivity contribution in [2.24, 2.45) is 0 Å². The van der Waals surface area contributed by atoms with Gasteiger partial charge in [0.05, 0.1) is 19.1 Å². The quantitative estimate of drug-likeness (QED) is 0.501. The van der Waals surface area contributed by atoms with Crippen molar-refractivity contribution in [2.45, 2.75) is 23.0 Å². The Labute approximate surface area is 172 Å². The number of anilines is 1. The van der Waals surface area contributed by atoms with Gasteiger partial charge in [-0.3, -0.25) is 0 Å². The Kier molecular flexibility index (Phi) is 5.53. The van der Waals surface area contributed by atoms with Gasteiger partial charge in [-0.25, -0.2) is 15.0 Å². The van der Waals surface area contributed by atoms with Crippen LogP contribution in [0.5, 0.6) is 11.5 Å². The summed E-state index contributed by atoms with van der Waals surface area (Å²) in [6, 6.07) is 16.7. The number of methoxy groups -OCH3 is 2. The molecule has 8 heteroatoms. The van der Waals surface area contributed by atoms with Crippen LogP contribution in [0.15, 0.2) is 58.8 Å². The molecule has 4 rings (SSSR count). The number of nitrogen functional groups attached to an aromatic ring is 1. The van der Waals surface area contributed by atoms with E-state index in [1.807, 2.05) is 30.3 Å². The zero-order valence-corrected chi connectivity index (χ0v) is 16.9. The molecule has 0 amide bonds. The average molecular weight is 406 g/mol. The molecule has 0 bridgehead atoms. The van der Waals surface area contributed by atoms with Crippen LogP contribution >= 0.6 is 11.8 Å². The highest BCUT2D eigenvalue weighted by atomic mass is 32.2. The molecule has 147 valence electrons. The summed E-state index contributed by atoms with van der Waals surface area (Å²) in [5.41, 5.74) is 8.57. The molecule has 29 heavy (non-hydrogen) atoms. The molecule has 0 atom stereocenters. The maximum absolute atomic E-state index is 6.06. The molecule has 0 saturated heterocycles. The first-order chi connectivity index (χ1) is 14.2. The first-order valence-electron chi connectivity index (χ1n) is 9.01. The molecular weight excluding hydrogens is 386 g/mol. The summed E-state index contributed by atoms with van der Waals surface area (Å²) in [6.07, 6.45) is 2.29. The fraction of sp³-hybridized carbons (Fsp3) is 0.190. The number of ether oxygens (including phenoxy) is 2. The number of benzene rings is 2. The average Bonchev–Trinajstić information content (AvgIpc) is 3.11. The van der Waals surface area contributed by atoms with E-state index in [1.165, 1.54) is 23.7 Å². The fourth-order valence-electron chi connectivity index (χ4n) is 3.00. The van der Waals surface area contributed by atoms with Gasteiger partial charge in [0.1, 0.15) is 17.8 Å². The largest absolute Gasteiger partial charge is 0.497 e. The number of aromatic nitrogens is 4. The van der Waals surface area contributed by atoms with Gasteiger partial charge in [-0.15, -0.1) is 0 Å². The molecule has 1 radical (unpaired) electrons. The number of hydrogen-bond acceptors (Lipinski definition) is 7. The predicted molar refractivity (Wildman–Crippen MR) is 112 cm³/mol. The Balaban J connectivity index is 1.74. The third kappa shape index (κ3) is 3.97. The van der Waals surface area contributed by atoms with E-state index in [2.05, 4.69) is 32.7 Å². The third-order valence-corrected chi connectivity index (χ3v) is 5.54. The lowest BCUT2D eigenvalue weighted by Gasteiger charge is -2.11. The molecule has 0 aliphatic carbocycles. The van der Waals surface area contributed by atoms with Crippen molar-refractivity contribution >= 4 is 28.7 Å². The van der Waals surface area contributed by atoms with Gasteiger partial charge >= 0.3 is 0 Å². The van der Waals surface area contributed by atoms with Crippen LogP contribution in [-0.4, -0.2) is 33.7 Å². The summed E-state index contributed by atoms with van der Waals surface area (Å²) >= 11 is 1.48. The lowest BCUT2D eigenvalue weighted by molar-refractivity contribution is 0.394. The van der Waals surface area contributed by atoms with Crippen LogP contribution < -0.4 is 15.2 Å². The lowest BCUT2D eigenvalue weighted by atomic mass is 10.1. The summed E-state index contributed by atoms with van der Waals surface area (Å²) < 4.78 is 12.9. The van der Waals surface area contributed by atoms with Crippen molar-refractivity contribution in [3.8, 4) is 11.5 Å². The smallest absolute Gasteiger partial charge is 0.175 e. The monoisotopic (exact) mass is 406 g/mol. The Morgan fingerprint density at radius 3 is 2.69 bits per heavy atom. The Morgan fingerprint density at radius 2 is 1.93 bits per heavy atom. The number of nitrogens with zero attached hydrogens (tertiary/aromatic N) is 4. The molecule has 2 N–H and O–H groups in total. The van der Waals surface area contributed by atoms with Gasteiger partial charge < -0.3 is 19.8 Å². The van der Waals surface area contributed by atoms with Crippen LogP contribution in [0.1, 0.15) is 5.56 Å². The molecule has 0 spiro atoms. The van der Waals surface area contributed by atoms with Crippen LogP contribution in [0.2, 0.25) is 0 Å². The molecule has 0 fully saturated rings. The van der Waals surface area contributed by atoms with Crippen LogP contribution in [-0.2, 0) is 13.0 Å². The van der Waals surface area contributed by atoms with E-state index in [4.69, 9.17) is 20.2 Å². The zero-order valence-electron chi connectivity index (χ0n) is 16.1. The Bertz CT molecular complexity index is 1130. The van der Waals surface area contributed by atoms with E-state index in [1.54, 1.807) is 14.2 Å². The molecule has 2 heterocycles. The van der Waals surface area contributed by atoms with Gasteiger partial charge in [0.25, 0.3) is 0 Å². The molecule has 0 saturated carbocycles. The van der Waals surface area contributed by atoms with Gasteiger partial charge in [0.2, 0.25) is 0 Å². The maximum Gasteiger partial charge on any atom is 0.175 e. The lowest BCUT2D eigenvalue weighted by Crippen LogP contribution is -2.04. The predicted octanol–water partition coefficient (Wildman–Crippen LogP) is 3.62. The summed E-state index contributed by atoms with van der Waals surface area (Å²) in [5.74, 6) is 1.85. The SMILES string of the molecule is COc1ccc(OC)c(Sc2nc3c(N)ncnc3n2CCc2cc[c]cc2)c1. The standard InChI is InChI=1S/C21H20N5O2S/c1-27-15-8-9-16(28-2)17(12-15)29-21-25-18-19(22)23-13-24-20(18)26(21)11-10-14-6-4-3-5-7-14/h4-9,12-13H,10-11H2,1-2H3,(H2,22,23,24). The van der Waals surface area contributed by atoms with E-state index in [0.29, 0.717) is 23.5 Å². The van der Waals surface area contributed by atoms with Gasteiger partial charge in [0, 0.05) is 6.54 Å². The molecule has 4 aromatic rings. The first-order valence-corrected chi connectivity index (χ1v) is 9.83. The van der Waals surface area contributed by atoms with Crippen molar-refractivity contribution in [1.29, 1.82) is 0 Å². The summed E-state index contributed by atoms with van der Waals surface area (Å²) in [6.45, 7) is 0.700. The zero-order chi connectivity index (χ0) is 20.2. The van der Waals surface area contributed by atoms with Crippen LogP contribution in [0, 0.1) is 6.07 Å². The van der Waals surface area contributed by atoms with Gasteiger partial charge in [-0.1, -0.05) is 24.3 Å². The van der Waals surface area contributed by atoms with Crippen molar-refractivity contribution in [3.63, 3.8) is 0 Å². The van der Waals surface area contributed by atoms with Crippen molar-refractivity contribution in [3.05, 3.63) is 60.4 Å². The maximum atomic E-state index is 6.06. The second-order valence-electron chi connectivity index (χ2n) is 6.25. The minimum Gasteiger partial charge on any atom is -0.497 e. The molecular formula is C21H20N5O2S. The van der Waals surface area contributed by atoms with E-state index >= 15 is 0 Å². The highest BCUT2D eigenvalue weighted by Crippen LogP contribution is 2.38. The van der Waals surface area contributed by atoms with Crippen molar-refractivity contribution in [2.75, 3.05) is 20.0 Å². The molecule has 0 unspecified atom stereocenters. The van der Waals surface area contributed by atoms with E-state index in [9.17, 15) is 0 Å². The number of fused-ring (bicyclic) bond motifs is 1. The molecule has 0 aliphatic rings. The molecule has 2 aromatic carbocycles. The minimum atomic E-state index is 0.363. The van der Waals surface area contributed by atoms with E-state index in [-0.39, 0.29) is 0 Å². The highest BCUT2D eigenvalue weighted by Gasteiger charge is 2.18. The summed E-state index contributed by atoms with van der Waals surface area (Å²) in [4.78, 5) is 14.1. The molecule has 0 aliphatic heterocycles. The Hall–Kier alpha value is -3.26. The normalized spacial score (nSPS) is 11.0. The minimum absolute atomic E-state index is 0.363. The van der Waals surface area contributed by atoms with E-state index < -0.39 is 0 Å². The van der Waals surface area contributed by atoms with Crippen LogP contribution in [0.4, 0.5) is 5.82 Å². The first kappa shape index (κ1) is 19.1. The third-order valence-electron chi connectivity index (χ3n) is 4.51. The van der Waals surface area contributed by atoms with Crippen molar-refractivity contribution < 1.29 is 9.47 Å². The van der Waals surface area contributed by atoms with Gasteiger partial charge in [-0.2, -0.15) is 0 Å². The number of imidazole rings is 1. The van der Waals surface area contributed by atoms with Crippen molar-refractivity contribution in [1.82, 2.24) is 19.5 Å². The van der Waals surface area contributed by atoms with E-state index in [0.717, 1.165) is 28.0 Å². The fourth-order valence-corrected chi connectivity index (χ4v) is 4.05. The summed E-state index contributed by atoms with van der Waals surface area (Å²) in [5, 5.41) is 0.765. The Morgan fingerprint density at radius 1 is 1.10 bits per heavy atom. The number of rotatable bonds is 7.